The third-order valence-electron chi connectivity index (χ3n) is 3.18. The lowest BCUT2D eigenvalue weighted by atomic mass is 10.2. The van der Waals surface area contributed by atoms with Gasteiger partial charge < -0.3 is 24.1 Å². The van der Waals surface area contributed by atoms with Crippen LogP contribution in [0.3, 0.4) is 0 Å². The predicted molar refractivity (Wildman–Crippen MR) is 86.6 cm³/mol. The molecule has 0 fully saturated rings. The standard InChI is InChI=1S/C17H18O7/c1-2-3-4-5-8-22-16-15(20)12-9-11(23-10-14(18)19)6-7-13(12)24-17(16)21/h5-9,20H,2-4,10H2,1H3,(H,18,19). The Bertz CT molecular complexity index is 804. The van der Waals surface area contributed by atoms with Crippen molar-refractivity contribution in [3.8, 4) is 17.2 Å². The molecule has 2 N–H and O–H groups in total. The number of rotatable bonds is 8. The molecule has 0 saturated carbocycles. The first-order valence-electron chi connectivity index (χ1n) is 7.49. The zero-order chi connectivity index (χ0) is 17.5. The van der Waals surface area contributed by atoms with Crippen LogP contribution in [0.15, 0.2) is 39.7 Å². The van der Waals surface area contributed by atoms with Gasteiger partial charge in [0.15, 0.2) is 12.4 Å². The van der Waals surface area contributed by atoms with Crippen molar-refractivity contribution in [3.63, 3.8) is 0 Å². The molecule has 0 bridgehead atoms. The first-order valence-corrected chi connectivity index (χ1v) is 7.49. The number of allylic oxidation sites excluding steroid dienone is 1. The second-order valence-corrected chi connectivity index (χ2v) is 5.04. The summed E-state index contributed by atoms with van der Waals surface area (Å²) in [6, 6.07) is 4.23. The first kappa shape index (κ1) is 17.4. The molecule has 128 valence electrons. The van der Waals surface area contributed by atoms with Gasteiger partial charge in [0.2, 0.25) is 0 Å². The summed E-state index contributed by atoms with van der Waals surface area (Å²) in [5.74, 6) is -1.62. The molecule has 0 aliphatic heterocycles. The average molecular weight is 334 g/mol. The predicted octanol–water partition coefficient (Wildman–Crippen LogP) is 3.04. The molecule has 1 aromatic carbocycles. The minimum atomic E-state index is -1.12. The highest BCUT2D eigenvalue weighted by atomic mass is 16.5. The summed E-state index contributed by atoms with van der Waals surface area (Å²) < 4.78 is 15.3. The Balaban J connectivity index is 2.29. The fourth-order valence-corrected chi connectivity index (χ4v) is 1.99. The number of aliphatic carboxylic acids is 1. The number of carboxylic acids is 1. The maximum atomic E-state index is 11.9. The molecule has 24 heavy (non-hydrogen) atoms. The normalized spacial score (nSPS) is 11.0. The molecule has 1 heterocycles. The minimum Gasteiger partial charge on any atom is -0.504 e. The number of ether oxygens (including phenoxy) is 2. The molecule has 0 radical (unpaired) electrons. The van der Waals surface area contributed by atoms with Crippen LogP contribution in [0.4, 0.5) is 0 Å². The molecule has 1 aromatic heterocycles. The number of hydrogen-bond acceptors (Lipinski definition) is 6. The van der Waals surface area contributed by atoms with E-state index < -0.39 is 18.2 Å². The molecule has 0 amide bonds. The van der Waals surface area contributed by atoms with E-state index in [1.165, 1.54) is 24.5 Å². The molecule has 2 rings (SSSR count). The van der Waals surface area contributed by atoms with Gasteiger partial charge >= 0.3 is 11.6 Å². The largest absolute Gasteiger partial charge is 0.504 e. The maximum absolute atomic E-state index is 11.9. The second-order valence-electron chi connectivity index (χ2n) is 5.04. The van der Waals surface area contributed by atoms with Crippen LogP contribution in [0.1, 0.15) is 26.2 Å². The number of aromatic hydroxyl groups is 1. The van der Waals surface area contributed by atoms with Crippen LogP contribution >= 0.6 is 0 Å². The number of hydrogen-bond donors (Lipinski definition) is 2. The molecular formula is C17H18O7. The highest BCUT2D eigenvalue weighted by Crippen LogP contribution is 2.33. The molecule has 0 saturated heterocycles. The van der Waals surface area contributed by atoms with Gasteiger partial charge in [0, 0.05) is 0 Å². The highest BCUT2D eigenvalue weighted by molar-refractivity contribution is 5.86. The van der Waals surface area contributed by atoms with Crippen molar-refractivity contribution in [2.45, 2.75) is 26.2 Å². The van der Waals surface area contributed by atoms with Gasteiger partial charge in [0.25, 0.3) is 5.75 Å². The molecular weight excluding hydrogens is 316 g/mol. The van der Waals surface area contributed by atoms with Gasteiger partial charge in [-0.3, -0.25) is 0 Å². The summed E-state index contributed by atoms with van der Waals surface area (Å²) in [5.41, 5.74) is -0.665. The number of fused-ring (bicyclic) bond motifs is 1. The quantitative estimate of drug-likeness (QED) is 0.434. The molecule has 0 aliphatic carbocycles. The first-order chi connectivity index (χ1) is 11.5. The maximum Gasteiger partial charge on any atom is 0.383 e. The average Bonchev–Trinajstić information content (AvgIpc) is 2.55. The Kier molecular flexibility index (Phi) is 5.83. The van der Waals surface area contributed by atoms with E-state index >= 15 is 0 Å². The Labute approximate surface area is 137 Å². The van der Waals surface area contributed by atoms with Crippen molar-refractivity contribution in [1.82, 2.24) is 0 Å². The van der Waals surface area contributed by atoms with Crippen molar-refractivity contribution < 1.29 is 28.9 Å². The van der Waals surface area contributed by atoms with E-state index in [9.17, 15) is 14.7 Å². The molecule has 0 spiro atoms. The summed E-state index contributed by atoms with van der Waals surface area (Å²) in [6.45, 7) is 1.54. The van der Waals surface area contributed by atoms with Crippen molar-refractivity contribution in [1.29, 1.82) is 0 Å². The van der Waals surface area contributed by atoms with Crippen LogP contribution in [0.2, 0.25) is 0 Å². The van der Waals surface area contributed by atoms with Crippen molar-refractivity contribution >= 4 is 16.9 Å². The summed E-state index contributed by atoms with van der Waals surface area (Å²) in [6.07, 6.45) is 5.90. The molecule has 0 unspecified atom stereocenters. The fourth-order valence-electron chi connectivity index (χ4n) is 1.99. The second kappa shape index (κ2) is 8.05. The summed E-state index contributed by atoms with van der Waals surface area (Å²) >= 11 is 0. The van der Waals surface area contributed by atoms with Gasteiger partial charge in [-0.2, -0.15) is 0 Å². The van der Waals surface area contributed by atoms with E-state index in [1.807, 2.05) is 0 Å². The molecule has 0 aliphatic rings. The lowest BCUT2D eigenvalue weighted by molar-refractivity contribution is -0.139. The van der Waals surface area contributed by atoms with Crippen LogP contribution < -0.4 is 15.1 Å². The van der Waals surface area contributed by atoms with Crippen LogP contribution in [0.5, 0.6) is 17.2 Å². The van der Waals surface area contributed by atoms with Gasteiger partial charge in [-0.25, -0.2) is 9.59 Å². The monoisotopic (exact) mass is 334 g/mol. The van der Waals surface area contributed by atoms with Crippen LogP contribution in [0, 0.1) is 0 Å². The smallest absolute Gasteiger partial charge is 0.383 e. The SMILES string of the molecule is CCCCC=COc1c(O)c2cc(OCC(=O)O)ccc2oc1=O. The van der Waals surface area contributed by atoms with E-state index in [4.69, 9.17) is 19.0 Å². The Morgan fingerprint density at radius 1 is 1.38 bits per heavy atom. The van der Waals surface area contributed by atoms with Gasteiger partial charge in [-0.15, -0.1) is 0 Å². The Hall–Kier alpha value is -2.96. The van der Waals surface area contributed by atoms with E-state index in [1.54, 1.807) is 6.08 Å². The number of carboxylic acid groups (broad SMARTS) is 1. The highest BCUT2D eigenvalue weighted by Gasteiger charge is 2.16. The van der Waals surface area contributed by atoms with Crippen LogP contribution in [-0.2, 0) is 4.79 Å². The number of carbonyl (C=O) groups is 1. The van der Waals surface area contributed by atoms with E-state index in [-0.39, 0.29) is 28.2 Å². The Morgan fingerprint density at radius 3 is 2.88 bits per heavy atom. The number of benzene rings is 1. The lowest BCUT2D eigenvalue weighted by Crippen LogP contribution is -2.09. The third kappa shape index (κ3) is 4.28. The Morgan fingerprint density at radius 2 is 2.17 bits per heavy atom. The fraction of sp³-hybridized carbons (Fsp3) is 0.294. The third-order valence-corrected chi connectivity index (χ3v) is 3.18. The molecule has 7 nitrogen and oxygen atoms in total. The zero-order valence-corrected chi connectivity index (χ0v) is 13.2. The van der Waals surface area contributed by atoms with E-state index in [0.29, 0.717) is 0 Å². The van der Waals surface area contributed by atoms with Gasteiger partial charge in [0.05, 0.1) is 11.6 Å². The van der Waals surface area contributed by atoms with Crippen molar-refractivity contribution in [2.24, 2.45) is 0 Å². The van der Waals surface area contributed by atoms with Crippen LogP contribution in [-0.4, -0.2) is 22.8 Å². The molecule has 2 aromatic rings. The van der Waals surface area contributed by atoms with Crippen molar-refractivity contribution in [3.05, 3.63) is 41.0 Å². The summed E-state index contributed by atoms with van der Waals surface area (Å²) in [4.78, 5) is 22.4. The summed E-state index contributed by atoms with van der Waals surface area (Å²) in [7, 11) is 0. The van der Waals surface area contributed by atoms with Gasteiger partial charge in [-0.05, 0) is 37.1 Å². The number of unbranched alkanes of at least 4 members (excludes halogenated alkanes) is 2. The topological polar surface area (TPSA) is 106 Å². The summed E-state index contributed by atoms with van der Waals surface area (Å²) in [5, 5.41) is 19.1. The molecule has 7 heteroatoms. The minimum absolute atomic E-state index is 0.141. The van der Waals surface area contributed by atoms with Gasteiger partial charge in [-0.1, -0.05) is 13.3 Å². The van der Waals surface area contributed by atoms with Crippen molar-refractivity contribution in [2.75, 3.05) is 6.61 Å². The van der Waals surface area contributed by atoms with E-state index in [2.05, 4.69) is 6.92 Å². The zero-order valence-electron chi connectivity index (χ0n) is 13.2. The van der Waals surface area contributed by atoms with Crippen LogP contribution in [0.25, 0.3) is 11.0 Å². The molecule has 0 atom stereocenters. The van der Waals surface area contributed by atoms with E-state index in [0.717, 1.165) is 19.3 Å². The van der Waals surface area contributed by atoms with Gasteiger partial charge in [0.1, 0.15) is 11.3 Å². The lowest BCUT2D eigenvalue weighted by Gasteiger charge is -2.07.